The zero-order valence-corrected chi connectivity index (χ0v) is 17.0. The number of amides is 1. The van der Waals surface area contributed by atoms with E-state index in [1.54, 1.807) is 16.9 Å². The number of aromatic nitrogens is 6. The molecule has 0 aliphatic rings. The molecule has 8 heteroatoms. The van der Waals surface area contributed by atoms with Gasteiger partial charge < -0.3 is 5.32 Å². The Morgan fingerprint density at radius 2 is 1.41 bits per heavy atom. The monoisotopic (exact) mass is 421 g/mol. The SMILES string of the molecule is O=C(Nc1ccc(-c2ccccc2)cc1)c1ccn(Cn2nnc(-c3ccccc3)n2)n1. The second-order valence-corrected chi connectivity index (χ2v) is 7.13. The van der Waals surface area contributed by atoms with Crippen molar-refractivity contribution >= 4 is 11.6 Å². The van der Waals surface area contributed by atoms with Crippen LogP contribution in [0.1, 0.15) is 10.5 Å². The fraction of sp³-hybridized carbons (Fsp3) is 0.0417. The van der Waals surface area contributed by atoms with Crippen LogP contribution in [-0.2, 0) is 6.67 Å². The average Bonchev–Trinajstić information content (AvgIpc) is 3.51. The molecule has 0 aliphatic carbocycles. The maximum absolute atomic E-state index is 12.6. The summed E-state index contributed by atoms with van der Waals surface area (Å²) in [5.41, 5.74) is 4.11. The van der Waals surface area contributed by atoms with E-state index in [0.29, 0.717) is 17.2 Å². The van der Waals surface area contributed by atoms with E-state index in [-0.39, 0.29) is 12.6 Å². The summed E-state index contributed by atoms with van der Waals surface area (Å²) in [6, 6.07) is 29.1. The van der Waals surface area contributed by atoms with Gasteiger partial charge in [0, 0.05) is 17.4 Å². The molecule has 0 saturated carbocycles. The topological polar surface area (TPSA) is 90.5 Å². The molecule has 0 fully saturated rings. The summed E-state index contributed by atoms with van der Waals surface area (Å²) in [6.07, 6.45) is 1.71. The smallest absolute Gasteiger partial charge is 0.276 e. The minimum absolute atomic E-state index is 0.249. The van der Waals surface area contributed by atoms with Gasteiger partial charge in [-0.1, -0.05) is 72.8 Å². The Morgan fingerprint density at radius 3 is 2.12 bits per heavy atom. The van der Waals surface area contributed by atoms with Crippen LogP contribution in [0.5, 0.6) is 0 Å². The standard InChI is InChI=1S/C24H19N7O/c32-24(25-21-13-11-19(12-14-21)18-7-3-1-4-8-18)22-15-16-30(27-22)17-31-28-23(26-29-31)20-9-5-2-6-10-20/h1-16H,17H2,(H,25,32). The molecular weight excluding hydrogens is 402 g/mol. The van der Waals surface area contributed by atoms with Crippen LogP contribution in [-0.4, -0.2) is 35.9 Å². The zero-order chi connectivity index (χ0) is 21.8. The second kappa shape index (κ2) is 8.65. The molecule has 5 aromatic rings. The first-order valence-electron chi connectivity index (χ1n) is 10.1. The van der Waals surface area contributed by atoms with E-state index in [1.807, 2.05) is 84.9 Å². The summed E-state index contributed by atoms with van der Waals surface area (Å²) in [6.45, 7) is 0.249. The number of rotatable bonds is 6. The molecule has 1 N–H and O–H groups in total. The highest BCUT2D eigenvalue weighted by molar-refractivity contribution is 6.02. The summed E-state index contributed by atoms with van der Waals surface area (Å²) in [7, 11) is 0. The average molecular weight is 421 g/mol. The molecule has 0 unspecified atom stereocenters. The second-order valence-electron chi connectivity index (χ2n) is 7.13. The predicted octanol–water partition coefficient (Wildman–Crippen LogP) is 3.96. The van der Waals surface area contributed by atoms with Crippen molar-refractivity contribution in [2.24, 2.45) is 0 Å². The molecule has 0 aliphatic heterocycles. The van der Waals surface area contributed by atoms with Gasteiger partial charge in [0.05, 0.1) is 0 Å². The third-order valence-corrected chi connectivity index (χ3v) is 4.88. The van der Waals surface area contributed by atoms with Gasteiger partial charge in [-0.25, -0.2) is 4.68 Å². The minimum Gasteiger partial charge on any atom is -0.321 e. The van der Waals surface area contributed by atoms with E-state index in [2.05, 4.69) is 25.8 Å². The normalized spacial score (nSPS) is 10.8. The van der Waals surface area contributed by atoms with Crippen LogP contribution in [0.3, 0.4) is 0 Å². The summed E-state index contributed by atoms with van der Waals surface area (Å²) >= 11 is 0. The minimum atomic E-state index is -0.285. The van der Waals surface area contributed by atoms with Gasteiger partial charge in [-0.05, 0) is 34.5 Å². The number of tetrazole rings is 1. The van der Waals surface area contributed by atoms with Crippen molar-refractivity contribution in [2.45, 2.75) is 6.67 Å². The molecule has 0 radical (unpaired) electrons. The molecule has 0 atom stereocenters. The van der Waals surface area contributed by atoms with Gasteiger partial charge in [0.1, 0.15) is 0 Å². The number of nitrogens with zero attached hydrogens (tertiary/aromatic N) is 6. The lowest BCUT2D eigenvalue weighted by molar-refractivity contribution is 0.102. The van der Waals surface area contributed by atoms with Crippen molar-refractivity contribution in [3.05, 3.63) is 103 Å². The Labute approximate surface area is 184 Å². The van der Waals surface area contributed by atoms with Gasteiger partial charge in [-0.3, -0.25) is 4.79 Å². The van der Waals surface area contributed by atoms with Crippen molar-refractivity contribution in [1.29, 1.82) is 0 Å². The third-order valence-electron chi connectivity index (χ3n) is 4.88. The molecule has 2 aromatic heterocycles. The summed E-state index contributed by atoms with van der Waals surface area (Å²) in [5, 5.41) is 19.7. The highest BCUT2D eigenvalue weighted by Gasteiger charge is 2.11. The Kier molecular flexibility index (Phi) is 5.24. The number of carbonyl (C=O) groups excluding carboxylic acids is 1. The van der Waals surface area contributed by atoms with Crippen molar-refractivity contribution in [1.82, 2.24) is 30.0 Å². The van der Waals surface area contributed by atoms with Gasteiger partial charge in [-0.15, -0.1) is 15.0 Å². The van der Waals surface area contributed by atoms with E-state index < -0.39 is 0 Å². The molecule has 0 bridgehead atoms. The Hall–Kier alpha value is -4.59. The van der Waals surface area contributed by atoms with Gasteiger partial charge in [0.25, 0.3) is 5.91 Å². The van der Waals surface area contributed by atoms with Gasteiger partial charge in [0.15, 0.2) is 12.4 Å². The van der Waals surface area contributed by atoms with Crippen molar-refractivity contribution in [3.8, 4) is 22.5 Å². The number of nitrogens with one attached hydrogen (secondary N) is 1. The first-order chi connectivity index (χ1) is 15.7. The van der Waals surface area contributed by atoms with E-state index in [0.717, 1.165) is 16.7 Å². The highest BCUT2D eigenvalue weighted by atomic mass is 16.2. The quantitative estimate of drug-likeness (QED) is 0.448. The molecule has 1 amide bonds. The van der Waals surface area contributed by atoms with Crippen LogP contribution in [0, 0.1) is 0 Å². The van der Waals surface area contributed by atoms with Crippen LogP contribution in [0.2, 0.25) is 0 Å². The lowest BCUT2D eigenvalue weighted by Gasteiger charge is -2.06. The first-order valence-corrected chi connectivity index (χ1v) is 10.1. The fourth-order valence-corrected chi connectivity index (χ4v) is 3.27. The molecule has 0 saturated heterocycles. The molecule has 5 rings (SSSR count). The molecular formula is C24H19N7O. The van der Waals surface area contributed by atoms with E-state index >= 15 is 0 Å². The fourth-order valence-electron chi connectivity index (χ4n) is 3.27. The lowest BCUT2D eigenvalue weighted by Crippen LogP contribution is -2.15. The number of hydrogen-bond acceptors (Lipinski definition) is 5. The van der Waals surface area contributed by atoms with Crippen LogP contribution >= 0.6 is 0 Å². The molecule has 3 aromatic carbocycles. The molecule has 156 valence electrons. The van der Waals surface area contributed by atoms with Gasteiger partial charge in [-0.2, -0.15) is 5.10 Å². The van der Waals surface area contributed by atoms with Gasteiger partial charge >= 0.3 is 0 Å². The van der Waals surface area contributed by atoms with Crippen LogP contribution < -0.4 is 5.32 Å². The van der Waals surface area contributed by atoms with Crippen molar-refractivity contribution < 1.29 is 4.79 Å². The number of benzene rings is 3. The summed E-state index contributed by atoms with van der Waals surface area (Å²) in [5.74, 6) is 0.252. The highest BCUT2D eigenvalue weighted by Crippen LogP contribution is 2.21. The summed E-state index contributed by atoms with van der Waals surface area (Å²) < 4.78 is 1.59. The predicted molar refractivity (Wildman–Crippen MR) is 121 cm³/mol. The number of hydrogen-bond donors (Lipinski definition) is 1. The van der Waals surface area contributed by atoms with Crippen LogP contribution in [0.25, 0.3) is 22.5 Å². The van der Waals surface area contributed by atoms with E-state index in [1.165, 1.54) is 4.80 Å². The largest absolute Gasteiger partial charge is 0.321 e. The molecule has 32 heavy (non-hydrogen) atoms. The Morgan fingerprint density at radius 1 is 0.750 bits per heavy atom. The maximum atomic E-state index is 12.6. The third kappa shape index (κ3) is 4.29. The van der Waals surface area contributed by atoms with Crippen molar-refractivity contribution in [3.63, 3.8) is 0 Å². The summed E-state index contributed by atoms with van der Waals surface area (Å²) in [4.78, 5) is 14.0. The van der Waals surface area contributed by atoms with Gasteiger partial charge in [0.2, 0.25) is 5.82 Å². The zero-order valence-electron chi connectivity index (χ0n) is 17.0. The maximum Gasteiger partial charge on any atom is 0.276 e. The first kappa shape index (κ1) is 19.4. The van der Waals surface area contributed by atoms with E-state index in [9.17, 15) is 4.79 Å². The molecule has 8 nitrogen and oxygen atoms in total. The van der Waals surface area contributed by atoms with Crippen molar-refractivity contribution in [2.75, 3.05) is 5.32 Å². The van der Waals surface area contributed by atoms with E-state index in [4.69, 9.17) is 0 Å². The van der Waals surface area contributed by atoms with Crippen LogP contribution in [0.15, 0.2) is 97.2 Å². The number of anilines is 1. The lowest BCUT2D eigenvalue weighted by atomic mass is 10.1. The molecule has 2 heterocycles. The molecule has 0 spiro atoms. The van der Waals surface area contributed by atoms with Crippen LogP contribution in [0.4, 0.5) is 5.69 Å². The number of carbonyl (C=O) groups is 1. The Bertz CT molecular complexity index is 1330. The Balaban J connectivity index is 1.23.